The van der Waals surface area contributed by atoms with Crippen LogP contribution in [0.2, 0.25) is 0 Å². The Balaban J connectivity index is 1.56. The average Bonchev–Trinajstić information content (AvgIpc) is 2.75. The van der Waals surface area contributed by atoms with E-state index in [4.69, 9.17) is 12.2 Å². The Kier molecular flexibility index (Phi) is 10.8. The first-order valence-corrected chi connectivity index (χ1v) is 13.3. The average molecular weight is 423 g/mol. The quantitative estimate of drug-likeness (QED) is 0.264. The van der Waals surface area contributed by atoms with Crippen molar-refractivity contribution in [3.05, 3.63) is 0 Å². The van der Waals surface area contributed by atoms with Gasteiger partial charge in [0.15, 0.2) is 5.11 Å². The van der Waals surface area contributed by atoms with E-state index in [9.17, 15) is 0 Å². The first kappa shape index (κ1) is 25.0. The first-order chi connectivity index (χ1) is 13.9. The second-order valence-corrected chi connectivity index (χ2v) is 11.5. The summed E-state index contributed by atoms with van der Waals surface area (Å²) >= 11 is 5.52. The first-order valence-electron chi connectivity index (χ1n) is 12.9. The van der Waals surface area contributed by atoms with Crippen molar-refractivity contribution in [3.63, 3.8) is 0 Å². The molecule has 1 atom stereocenters. The van der Waals surface area contributed by atoms with Gasteiger partial charge in [0.2, 0.25) is 0 Å². The highest BCUT2D eigenvalue weighted by molar-refractivity contribution is 7.80. The maximum absolute atomic E-state index is 5.52. The summed E-state index contributed by atoms with van der Waals surface area (Å²) in [4.78, 5) is 0. The lowest BCUT2D eigenvalue weighted by atomic mass is 9.66. The van der Waals surface area contributed by atoms with Gasteiger partial charge in [0, 0.05) is 13.1 Å². The molecule has 2 N–H and O–H groups in total. The summed E-state index contributed by atoms with van der Waals surface area (Å²) in [7, 11) is 0. The molecule has 2 aliphatic carbocycles. The van der Waals surface area contributed by atoms with Gasteiger partial charge in [-0.2, -0.15) is 0 Å². The molecule has 0 spiro atoms. The lowest BCUT2D eigenvalue weighted by molar-refractivity contribution is 0.117. The van der Waals surface area contributed by atoms with Gasteiger partial charge in [0.05, 0.1) is 0 Å². The van der Waals surface area contributed by atoms with Crippen molar-refractivity contribution in [1.82, 2.24) is 10.6 Å². The molecule has 2 fully saturated rings. The Bertz CT molecular complexity index is 463. The van der Waals surface area contributed by atoms with Crippen LogP contribution in [0, 0.1) is 22.7 Å². The SMILES string of the molecule is CCC(C)(CCCNC(=S)NCCCC(C)(C)C1CCCCC1)C1CCCCC1. The largest absolute Gasteiger partial charge is 0.363 e. The van der Waals surface area contributed by atoms with E-state index in [-0.39, 0.29) is 0 Å². The molecule has 0 bridgehead atoms. The molecular formula is C26H50N2S. The van der Waals surface area contributed by atoms with Crippen molar-refractivity contribution < 1.29 is 0 Å². The molecule has 0 radical (unpaired) electrons. The lowest BCUT2D eigenvalue weighted by Gasteiger charge is -2.39. The normalized spacial score (nSPS) is 21.5. The molecule has 170 valence electrons. The Morgan fingerprint density at radius 2 is 1.24 bits per heavy atom. The van der Waals surface area contributed by atoms with Gasteiger partial charge in [-0.3, -0.25) is 0 Å². The zero-order valence-corrected chi connectivity index (χ0v) is 20.9. The third kappa shape index (κ3) is 8.38. The summed E-state index contributed by atoms with van der Waals surface area (Å²) in [5, 5.41) is 7.77. The fourth-order valence-electron chi connectivity index (χ4n) is 6.06. The van der Waals surface area contributed by atoms with Gasteiger partial charge in [-0.05, 0) is 86.3 Å². The molecule has 0 amide bonds. The lowest BCUT2D eigenvalue weighted by Crippen LogP contribution is -2.37. The van der Waals surface area contributed by atoms with E-state index in [0.717, 1.165) is 30.0 Å². The van der Waals surface area contributed by atoms with Crippen LogP contribution in [-0.4, -0.2) is 18.2 Å². The monoisotopic (exact) mass is 422 g/mol. The molecule has 2 saturated carbocycles. The number of hydrogen-bond acceptors (Lipinski definition) is 1. The molecule has 0 aromatic carbocycles. The molecule has 0 heterocycles. The number of nitrogens with one attached hydrogen (secondary N) is 2. The Morgan fingerprint density at radius 1 is 0.759 bits per heavy atom. The van der Waals surface area contributed by atoms with Crippen LogP contribution in [-0.2, 0) is 0 Å². The Hall–Kier alpha value is -0.310. The van der Waals surface area contributed by atoms with E-state index in [2.05, 4.69) is 38.3 Å². The van der Waals surface area contributed by atoms with Gasteiger partial charge >= 0.3 is 0 Å². The fourth-order valence-corrected chi connectivity index (χ4v) is 6.26. The molecule has 0 aliphatic heterocycles. The van der Waals surface area contributed by atoms with Gasteiger partial charge in [-0.25, -0.2) is 0 Å². The summed E-state index contributed by atoms with van der Waals surface area (Å²) in [6.07, 6.45) is 20.9. The van der Waals surface area contributed by atoms with E-state index >= 15 is 0 Å². The van der Waals surface area contributed by atoms with Crippen molar-refractivity contribution in [2.24, 2.45) is 22.7 Å². The van der Waals surface area contributed by atoms with Gasteiger partial charge in [0.1, 0.15) is 0 Å². The van der Waals surface area contributed by atoms with Crippen molar-refractivity contribution in [2.45, 2.75) is 124 Å². The standard InChI is InChI=1S/C26H50N2S/c1-5-26(4,23-16-10-7-11-17-23)19-13-21-28-24(29)27-20-12-18-25(2,3)22-14-8-6-9-15-22/h22-23H,5-21H2,1-4H3,(H2,27,28,29). The minimum atomic E-state index is 0.487. The highest BCUT2D eigenvalue weighted by Crippen LogP contribution is 2.44. The second kappa shape index (κ2) is 12.5. The third-order valence-corrected chi connectivity index (χ3v) is 8.89. The van der Waals surface area contributed by atoms with E-state index in [0.29, 0.717) is 10.8 Å². The van der Waals surface area contributed by atoms with Crippen molar-refractivity contribution in [3.8, 4) is 0 Å². The molecule has 29 heavy (non-hydrogen) atoms. The van der Waals surface area contributed by atoms with Gasteiger partial charge in [-0.15, -0.1) is 0 Å². The van der Waals surface area contributed by atoms with E-state index in [1.165, 1.54) is 96.3 Å². The van der Waals surface area contributed by atoms with E-state index < -0.39 is 0 Å². The molecule has 2 rings (SSSR count). The summed E-state index contributed by atoms with van der Waals surface area (Å²) in [6.45, 7) is 11.9. The second-order valence-electron chi connectivity index (χ2n) is 11.1. The van der Waals surface area contributed by atoms with Crippen LogP contribution < -0.4 is 10.6 Å². The summed E-state index contributed by atoms with van der Waals surface area (Å²) in [6, 6.07) is 0. The topological polar surface area (TPSA) is 24.1 Å². The molecule has 1 unspecified atom stereocenters. The highest BCUT2D eigenvalue weighted by Gasteiger charge is 2.32. The molecule has 3 heteroatoms. The van der Waals surface area contributed by atoms with Crippen LogP contribution in [0.3, 0.4) is 0 Å². The van der Waals surface area contributed by atoms with E-state index in [1.807, 2.05) is 0 Å². The van der Waals surface area contributed by atoms with Crippen molar-refractivity contribution >= 4 is 17.3 Å². The van der Waals surface area contributed by atoms with Crippen LogP contribution in [0.5, 0.6) is 0 Å². The molecule has 2 aliphatic rings. The minimum Gasteiger partial charge on any atom is -0.363 e. The Labute approximate surface area is 187 Å². The summed E-state index contributed by atoms with van der Waals surface area (Å²) < 4.78 is 0. The number of hydrogen-bond donors (Lipinski definition) is 2. The fraction of sp³-hybridized carbons (Fsp3) is 0.962. The van der Waals surface area contributed by atoms with Crippen molar-refractivity contribution in [1.29, 1.82) is 0 Å². The van der Waals surface area contributed by atoms with Crippen LogP contribution >= 0.6 is 12.2 Å². The minimum absolute atomic E-state index is 0.487. The summed E-state index contributed by atoms with van der Waals surface area (Å²) in [5.74, 6) is 1.87. The van der Waals surface area contributed by atoms with Gasteiger partial charge in [-0.1, -0.05) is 72.6 Å². The molecule has 0 aromatic heterocycles. The van der Waals surface area contributed by atoms with Crippen LogP contribution in [0.15, 0.2) is 0 Å². The zero-order chi connectivity index (χ0) is 21.2. The van der Waals surface area contributed by atoms with E-state index in [1.54, 1.807) is 0 Å². The van der Waals surface area contributed by atoms with Gasteiger partial charge < -0.3 is 10.6 Å². The maximum atomic E-state index is 5.52. The van der Waals surface area contributed by atoms with Gasteiger partial charge in [0.25, 0.3) is 0 Å². The molecule has 0 saturated heterocycles. The number of rotatable bonds is 11. The zero-order valence-electron chi connectivity index (χ0n) is 20.1. The molecule has 2 nitrogen and oxygen atoms in total. The molecule has 0 aromatic rings. The van der Waals surface area contributed by atoms with Crippen LogP contribution in [0.1, 0.15) is 124 Å². The third-order valence-electron chi connectivity index (χ3n) is 8.60. The Morgan fingerprint density at radius 3 is 1.76 bits per heavy atom. The highest BCUT2D eigenvalue weighted by atomic mass is 32.1. The molecular weight excluding hydrogens is 372 g/mol. The predicted molar refractivity (Wildman–Crippen MR) is 132 cm³/mol. The number of thiocarbonyl (C=S) groups is 1. The maximum Gasteiger partial charge on any atom is 0.166 e. The van der Waals surface area contributed by atoms with Crippen LogP contribution in [0.25, 0.3) is 0 Å². The van der Waals surface area contributed by atoms with Crippen LogP contribution in [0.4, 0.5) is 0 Å². The summed E-state index contributed by atoms with van der Waals surface area (Å²) in [5.41, 5.74) is 1.02. The van der Waals surface area contributed by atoms with Crippen molar-refractivity contribution in [2.75, 3.05) is 13.1 Å². The predicted octanol–water partition coefficient (Wildman–Crippen LogP) is 7.61. The smallest absolute Gasteiger partial charge is 0.166 e.